The second-order valence-electron chi connectivity index (χ2n) is 2.52. The Hall–Kier alpha value is -0.610. The van der Waals surface area contributed by atoms with E-state index in [-0.39, 0.29) is 6.04 Å². The first kappa shape index (κ1) is 7.50. The van der Waals surface area contributed by atoms with Crippen LogP contribution in [0.3, 0.4) is 0 Å². The predicted molar refractivity (Wildman–Crippen MR) is 36.4 cm³/mol. The second-order valence-corrected chi connectivity index (χ2v) is 2.52. The summed E-state index contributed by atoms with van der Waals surface area (Å²) in [6.07, 6.45) is 3.78. The maximum Gasteiger partial charge on any atom is 0.0763 e. The first-order valence-electron chi connectivity index (χ1n) is 3.49. The highest BCUT2D eigenvalue weighted by Crippen LogP contribution is 2.14. The van der Waals surface area contributed by atoms with Gasteiger partial charge < -0.3 is 10.4 Å². The minimum atomic E-state index is -0.126. The normalized spacial score (nSPS) is 30.9. The van der Waals surface area contributed by atoms with Gasteiger partial charge in [0.1, 0.15) is 0 Å². The molecule has 58 valence electrons. The Kier molecular flexibility index (Phi) is 2.65. The molecular formula is C6H12N2O2. The molecule has 1 aliphatic carbocycles. The van der Waals surface area contributed by atoms with E-state index < -0.39 is 0 Å². The second kappa shape index (κ2) is 3.53. The van der Waals surface area contributed by atoms with Crippen LogP contribution in [0, 0.1) is 0 Å². The molecule has 1 aliphatic rings. The summed E-state index contributed by atoms with van der Waals surface area (Å²) in [6.45, 7) is 0. The van der Waals surface area contributed by atoms with Crippen molar-refractivity contribution < 1.29 is 10.4 Å². The van der Waals surface area contributed by atoms with Gasteiger partial charge in [0.25, 0.3) is 0 Å². The van der Waals surface area contributed by atoms with E-state index in [1.54, 1.807) is 0 Å². The zero-order valence-electron chi connectivity index (χ0n) is 5.75. The van der Waals surface area contributed by atoms with Gasteiger partial charge in [-0.15, -0.1) is 0 Å². The van der Waals surface area contributed by atoms with Crippen molar-refractivity contribution >= 4 is 5.71 Å². The number of nitrogens with one attached hydrogen (secondary N) is 1. The maximum absolute atomic E-state index is 8.55. The Labute approximate surface area is 59.5 Å². The number of hydroxylamine groups is 1. The van der Waals surface area contributed by atoms with Crippen molar-refractivity contribution in [3.05, 3.63) is 0 Å². The molecule has 0 radical (unpaired) electrons. The van der Waals surface area contributed by atoms with E-state index in [1.807, 2.05) is 0 Å². The van der Waals surface area contributed by atoms with Crippen LogP contribution < -0.4 is 5.48 Å². The van der Waals surface area contributed by atoms with Gasteiger partial charge in [0.2, 0.25) is 0 Å². The molecule has 1 fully saturated rings. The molecule has 0 amide bonds. The number of hydrogen-bond acceptors (Lipinski definition) is 4. The minimum Gasteiger partial charge on any atom is -0.411 e. The van der Waals surface area contributed by atoms with Gasteiger partial charge in [0.05, 0.1) is 11.8 Å². The van der Waals surface area contributed by atoms with Gasteiger partial charge in [-0.2, -0.15) is 5.48 Å². The summed E-state index contributed by atoms with van der Waals surface area (Å²) in [7, 11) is 0. The van der Waals surface area contributed by atoms with Crippen LogP contribution in [0.25, 0.3) is 0 Å². The zero-order chi connectivity index (χ0) is 7.40. The van der Waals surface area contributed by atoms with Gasteiger partial charge in [0.15, 0.2) is 0 Å². The highest BCUT2D eigenvalue weighted by atomic mass is 16.5. The van der Waals surface area contributed by atoms with E-state index in [9.17, 15) is 0 Å². The molecule has 0 bridgehead atoms. The molecule has 0 aromatic heterocycles. The summed E-state index contributed by atoms with van der Waals surface area (Å²) in [5, 5.41) is 20.1. The van der Waals surface area contributed by atoms with Crippen LogP contribution in [-0.2, 0) is 0 Å². The molecule has 1 rings (SSSR count). The van der Waals surface area contributed by atoms with E-state index in [0.717, 1.165) is 25.7 Å². The van der Waals surface area contributed by atoms with Gasteiger partial charge in [-0.05, 0) is 19.3 Å². The maximum atomic E-state index is 8.55. The average molecular weight is 144 g/mol. The van der Waals surface area contributed by atoms with Crippen LogP contribution in [0.2, 0.25) is 0 Å². The summed E-state index contributed by atoms with van der Waals surface area (Å²) in [6, 6.07) is -0.126. The van der Waals surface area contributed by atoms with Crippen molar-refractivity contribution in [1.29, 1.82) is 0 Å². The molecule has 0 aromatic carbocycles. The summed E-state index contributed by atoms with van der Waals surface area (Å²) in [4.78, 5) is 0. The quantitative estimate of drug-likeness (QED) is 0.375. The molecule has 0 saturated heterocycles. The molecule has 3 N–H and O–H groups in total. The molecule has 1 atom stereocenters. The number of hydrogen-bond donors (Lipinski definition) is 3. The lowest BCUT2D eigenvalue weighted by molar-refractivity contribution is 0.139. The van der Waals surface area contributed by atoms with E-state index in [1.165, 1.54) is 0 Å². The van der Waals surface area contributed by atoms with E-state index in [4.69, 9.17) is 10.4 Å². The van der Waals surface area contributed by atoms with Crippen LogP contribution in [0.5, 0.6) is 0 Å². The zero-order valence-corrected chi connectivity index (χ0v) is 5.75. The van der Waals surface area contributed by atoms with E-state index >= 15 is 0 Å². The topological polar surface area (TPSA) is 64.9 Å². The molecule has 0 heterocycles. The smallest absolute Gasteiger partial charge is 0.0763 e. The van der Waals surface area contributed by atoms with Crippen LogP contribution in [-0.4, -0.2) is 22.2 Å². The Balaban J connectivity index is 2.50. The summed E-state index contributed by atoms with van der Waals surface area (Å²) >= 11 is 0. The van der Waals surface area contributed by atoms with Gasteiger partial charge in [-0.1, -0.05) is 11.6 Å². The molecule has 0 aromatic rings. The fourth-order valence-corrected chi connectivity index (χ4v) is 1.25. The standard InChI is InChI=1S/C6H12N2O2/c9-7-5-3-1-2-4-6(5)8-10/h5,7,9-10H,1-4H2/b8-6-/t5-/m0/s1. The van der Waals surface area contributed by atoms with Gasteiger partial charge in [0, 0.05) is 0 Å². The van der Waals surface area contributed by atoms with Crippen molar-refractivity contribution in [3.8, 4) is 0 Å². The van der Waals surface area contributed by atoms with Crippen LogP contribution in [0.15, 0.2) is 5.16 Å². The molecule has 4 heteroatoms. The fraction of sp³-hybridized carbons (Fsp3) is 0.833. The summed E-state index contributed by atoms with van der Waals surface area (Å²) in [5.41, 5.74) is 2.78. The molecule has 10 heavy (non-hydrogen) atoms. The molecule has 0 spiro atoms. The van der Waals surface area contributed by atoms with Crippen molar-refractivity contribution in [3.63, 3.8) is 0 Å². The first-order valence-corrected chi connectivity index (χ1v) is 3.49. The average Bonchev–Trinajstić information content (AvgIpc) is 2.04. The Morgan fingerprint density at radius 2 is 2.30 bits per heavy atom. The summed E-state index contributed by atoms with van der Waals surface area (Å²) < 4.78 is 0. The van der Waals surface area contributed by atoms with E-state index in [0.29, 0.717) is 5.71 Å². The lowest BCUT2D eigenvalue weighted by Gasteiger charge is -2.20. The van der Waals surface area contributed by atoms with Crippen molar-refractivity contribution in [2.45, 2.75) is 31.7 Å². The molecule has 0 unspecified atom stereocenters. The Morgan fingerprint density at radius 3 is 2.80 bits per heavy atom. The highest BCUT2D eigenvalue weighted by Gasteiger charge is 2.19. The molecule has 1 saturated carbocycles. The van der Waals surface area contributed by atoms with Crippen LogP contribution >= 0.6 is 0 Å². The number of rotatable bonds is 1. The van der Waals surface area contributed by atoms with E-state index in [2.05, 4.69) is 10.6 Å². The van der Waals surface area contributed by atoms with Crippen LogP contribution in [0.4, 0.5) is 0 Å². The third kappa shape index (κ3) is 1.46. The van der Waals surface area contributed by atoms with Crippen molar-refractivity contribution in [2.24, 2.45) is 5.16 Å². The Bertz CT molecular complexity index is 136. The predicted octanol–water partition coefficient (Wildman–Crippen LogP) is 0.738. The highest BCUT2D eigenvalue weighted by molar-refractivity contribution is 5.89. The third-order valence-electron chi connectivity index (χ3n) is 1.86. The van der Waals surface area contributed by atoms with Crippen molar-refractivity contribution in [1.82, 2.24) is 5.48 Å². The number of nitrogens with zero attached hydrogens (tertiary/aromatic N) is 1. The van der Waals surface area contributed by atoms with Gasteiger partial charge in [-0.25, -0.2) is 0 Å². The molecular weight excluding hydrogens is 132 g/mol. The van der Waals surface area contributed by atoms with Gasteiger partial charge in [-0.3, -0.25) is 0 Å². The largest absolute Gasteiger partial charge is 0.411 e. The van der Waals surface area contributed by atoms with Gasteiger partial charge >= 0.3 is 0 Å². The molecule has 0 aliphatic heterocycles. The third-order valence-corrected chi connectivity index (χ3v) is 1.86. The first-order chi connectivity index (χ1) is 4.88. The lowest BCUT2D eigenvalue weighted by atomic mass is 9.94. The van der Waals surface area contributed by atoms with Crippen LogP contribution in [0.1, 0.15) is 25.7 Å². The fourth-order valence-electron chi connectivity index (χ4n) is 1.25. The van der Waals surface area contributed by atoms with Crippen molar-refractivity contribution in [2.75, 3.05) is 0 Å². The monoisotopic (exact) mass is 144 g/mol. The lowest BCUT2D eigenvalue weighted by Crippen LogP contribution is -2.36. The molecule has 4 nitrogen and oxygen atoms in total. The minimum absolute atomic E-state index is 0.126. The SMILES string of the molecule is O/N=C1/CCCC[C@@H]1NO. The summed E-state index contributed by atoms with van der Waals surface area (Å²) in [5.74, 6) is 0. The Morgan fingerprint density at radius 1 is 1.50 bits per heavy atom. The number of oxime groups is 1.